The fraction of sp³-hybridized carbons (Fsp3) is 0.600. The summed E-state index contributed by atoms with van der Waals surface area (Å²) in [6.45, 7) is 3.46. The van der Waals surface area contributed by atoms with Gasteiger partial charge >= 0.3 is 0 Å². The molecule has 2 unspecified atom stereocenters. The minimum atomic E-state index is 0.103. The van der Waals surface area contributed by atoms with Gasteiger partial charge in [-0.2, -0.15) is 0 Å². The Kier molecular flexibility index (Phi) is 2.93. The van der Waals surface area contributed by atoms with Crippen molar-refractivity contribution in [3.63, 3.8) is 0 Å². The van der Waals surface area contributed by atoms with Crippen molar-refractivity contribution in [2.45, 2.75) is 13.3 Å². The molecule has 2 atom stereocenters. The lowest BCUT2D eigenvalue weighted by Gasteiger charge is -2.26. The molecule has 0 radical (unpaired) electrons. The number of Topliss-reactive ketones (excluding diaryl/α,β-unsaturated/α-hetero) is 1. The van der Waals surface area contributed by atoms with Crippen molar-refractivity contribution >= 4 is 17.1 Å². The molecule has 1 fully saturated rings. The molecule has 1 aliphatic heterocycles. The number of aromatic nitrogens is 1. The summed E-state index contributed by atoms with van der Waals surface area (Å²) in [6.07, 6.45) is 0.831. The van der Waals surface area contributed by atoms with E-state index in [1.54, 1.807) is 5.51 Å². The maximum absolute atomic E-state index is 12.0. The van der Waals surface area contributed by atoms with Crippen LogP contribution in [-0.2, 0) is 4.74 Å². The molecule has 0 saturated carbocycles. The molecule has 14 heavy (non-hydrogen) atoms. The lowest BCUT2D eigenvalue weighted by Crippen LogP contribution is -2.31. The van der Waals surface area contributed by atoms with Crippen LogP contribution in [0.25, 0.3) is 0 Å². The second-order valence-corrected chi connectivity index (χ2v) is 4.40. The molecule has 0 bridgehead atoms. The van der Waals surface area contributed by atoms with Gasteiger partial charge < -0.3 is 4.74 Å². The molecule has 2 heterocycles. The fourth-order valence-corrected chi connectivity index (χ4v) is 2.34. The van der Waals surface area contributed by atoms with Crippen LogP contribution in [0, 0.1) is 11.8 Å². The zero-order chi connectivity index (χ0) is 9.97. The first kappa shape index (κ1) is 9.80. The Morgan fingerprint density at radius 1 is 1.71 bits per heavy atom. The highest BCUT2D eigenvalue weighted by Crippen LogP contribution is 2.25. The Morgan fingerprint density at radius 2 is 2.57 bits per heavy atom. The molecule has 0 aromatic carbocycles. The van der Waals surface area contributed by atoms with Gasteiger partial charge in [0.1, 0.15) is 5.69 Å². The third kappa shape index (κ3) is 1.86. The van der Waals surface area contributed by atoms with E-state index in [4.69, 9.17) is 4.74 Å². The van der Waals surface area contributed by atoms with Crippen molar-refractivity contribution in [2.75, 3.05) is 13.2 Å². The number of carbonyl (C=O) groups is 1. The molecule has 3 nitrogen and oxygen atoms in total. The van der Waals surface area contributed by atoms with Crippen molar-refractivity contribution < 1.29 is 9.53 Å². The van der Waals surface area contributed by atoms with Gasteiger partial charge in [0.25, 0.3) is 0 Å². The highest BCUT2D eigenvalue weighted by Gasteiger charge is 2.29. The number of ketones is 1. The number of rotatable bonds is 2. The Balaban J connectivity index is 2.10. The SMILES string of the molecule is CC1COCCC1C(=O)c1cscn1. The lowest BCUT2D eigenvalue weighted by molar-refractivity contribution is 0.0239. The van der Waals surface area contributed by atoms with Gasteiger partial charge in [0, 0.05) is 24.5 Å². The van der Waals surface area contributed by atoms with E-state index in [1.165, 1.54) is 11.3 Å². The molecule has 1 aromatic rings. The third-order valence-corrected chi connectivity index (χ3v) is 3.25. The maximum atomic E-state index is 12.0. The molecule has 0 aliphatic carbocycles. The predicted molar refractivity (Wildman–Crippen MR) is 54.5 cm³/mol. The van der Waals surface area contributed by atoms with Gasteiger partial charge in [-0.3, -0.25) is 4.79 Å². The van der Waals surface area contributed by atoms with Gasteiger partial charge in [0.05, 0.1) is 5.51 Å². The van der Waals surface area contributed by atoms with Crippen LogP contribution in [0.1, 0.15) is 23.8 Å². The first-order valence-corrected chi connectivity index (χ1v) is 5.73. The van der Waals surface area contributed by atoms with Crippen LogP contribution in [0.4, 0.5) is 0 Å². The van der Waals surface area contributed by atoms with E-state index in [2.05, 4.69) is 11.9 Å². The maximum Gasteiger partial charge on any atom is 0.185 e. The number of nitrogens with zero attached hydrogens (tertiary/aromatic N) is 1. The molecule has 0 amide bonds. The van der Waals surface area contributed by atoms with Crippen molar-refractivity contribution in [3.8, 4) is 0 Å². The predicted octanol–water partition coefficient (Wildman–Crippen LogP) is 2.00. The quantitative estimate of drug-likeness (QED) is 0.702. The summed E-state index contributed by atoms with van der Waals surface area (Å²) in [6, 6.07) is 0. The van der Waals surface area contributed by atoms with Gasteiger partial charge in [0.2, 0.25) is 0 Å². The van der Waals surface area contributed by atoms with Crippen molar-refractivity contribution in [1.29, 1.82) is 0 Å². The average molecular weight is 211 g/mol. The van der Waals surface area contributed by atoms with Crippen LogP contribution in [-0.4, -0.2) is 24.0 Å². The molecular weight excluding hydrogens is 198 g/mol. The summed E-state index contributed by atoms with van der Waals surface area (Å²) in [4.78, 5) is 16.0. The molecule has 1 aromatic heterocycles. The minimum Gasteiger partial charge on any atom is -0.381 e. The van der Waals surface area contributed by atoms with Gasteiger partial charge in [-0.15, -0.1) is 11.3 Å². The van der Waals surface area contributed by atoms with Gasteiger partial charge in [-0.25, -0.2) is 4.98 Å². The number of hydrogen-bond acceptors (Lipinski definition) is 4. The Morgan fingerprint density at radius 3 is 3.21 bits per heavy atom. The molecule has 1 aliphatic rings. The smallest absolute Gasteiger partial charge is 0.185 e. The van der Waals surface area contributed by atoms with Crippen LogP contribution in [0.3, 0.4) is 0 Å². The van der Waals surface area contributed by atoms with E-state index in [-0.39, 0.29) is 11.7 Å². The highest BCUT2D eigenvalue weighted by molar-refractivity contribution is 7.07. The first-order valence-electron chi connectivity index (χ1n) is 4.79. The Labute approximate surface area is 87.1 Å². The van der Waals surface area contributed by atoms with Crippen LogP contribution in [0.15, 0.2) is 10.9 Å². The molecule has 2 rings (SSSR count). The van der Waals surface area contributed by atoms with Gasteiger partial charge in [0.15, 0.2) is 5.78 Å². The summed E-state index contributed by atoms with van der Waals surface area (Å²) < 4.78 is 5.31. The zero-order valence-electron chi connectivity index (χ0n) is 8.10. The van der Waals surface area contributed by atoms with E-state index in [0.717, 1.165) is 6.42 Å². The molecule has 1 saturated heterocycles. The van der Waals surface area contributed by atoms with Crippen LogP contribution >= 0.6 is 11.3 Å². The van der Waals surface area contributed by atoms with Crippen LogP contribution < -0.4 is 0 Å². The van der Waals surface area contributed by atoms with E-state index in [0.29, 0.717) is 24.8 Å². The topological polar surface area (TPSA) is 39.2 Å². The van der Waals surface area contributed by atoms with Crippen molar-refractivity contribution in [3.05, 3.63) is 16.6 Å². The summed E-state index contributed by atoms with van der Waals surface area (Å²) in [5.74, 6) is 0.603. The molecule has 0 N–H and O–H groups in total. The van der Waals surface area contributed by atoms with Crippen LogP contribution in [0.2, 0.25) is 0 Å². The normalized spacial score (nSPS) is 27.5. The average Bonchev–Trinajstić information content (AvgIpc) is 2.70. The second kappa shape index (κ2) is 4.19. The first-order chi connectivity index (χ1) is 6.79. The zero-order valence-corrected chi connectivity index (χ0v) is 8.92. The third-order valence-electron chi connectivity index (χ3n) is 2.66. The van der Waals surface area contributed by atoms with Gasteiger partial charge in [-0.05, 0) is 12.3 Å². The molecular formula is C10H13NO2S. The van der Waals surface area contributed by atoms with E-state index in [1.807, 2.05) is 5.38 Å². The number of thiazole rings is 1. The summed E-state index contributed by atoms with van der Waals surface area (Å²) in [5.41, 5.74) is 2.32. The molecule has 4 heteroatoms. The second-order valence-electron chi connectivity index (χ2n) is 3.69. The standard InChI is InChI=1S/C10H13NO2S/c1-7-4-13-3-2-8(7)10(12)9-5-14-6-11-9/h5-8H,2-4H2,1H3. The van der Waals surface area contributed by atoms with E-state index in [9.17, 15) is 4.79 Å². The number of carbonyl (C=O) groups excluding carboxylic acids is 1. The van der Waals surface area contributed by atoms with Crippen molar-refractivity contribution in [2.24, 2.45) is 11.8 Å². The van der Waals surface area contributed by atoms with E-state index < -0.39 is 0 Å². The fourth-order valence-electron chi connectivity index (χ4n) is 1.79. The van der Waals surface area contributed by atoms with Gasteiger partial charge in [-0.1, -0.05) is 6.92 Å². The Hall–Kier alpha value is -0.740. The highest BCUT2D eigenvalue weighted by atomic mass is 32.1. The van der Waals surface area contributed by atoms with E-state index >= 15 is 0 Å². The molecule has 76 valence electrons. The largest absolute Gasteiger partial charge is 0.381 e. The summed E-state index contributed by atoms with van der Waals surface area (Å²) in [7, 11) is 0. The summed E-state index contributed by atoms with van der Waals surface area (Å²) >= 11 is 1.47. The lowest BCUT2D eigenvalue weighted by atomic mass is 9.85. The monoisotopic (exact) mass is 211 g/mol. The minimum absolute atomic E-state index is 0.103. The molecule has 0 spiro atoms. The number of hydrogen-bond donors (Lipinski definition) is 0. The number of ether oxygens (including phenoxy) is 1. The summed E-state index contributed by atoms with van der Waals surface area (Å²) in [5, 5.41) is 1.82. The van der Waals surface area contributed by atoms with Crippen molar-refractivity contribution in [1.82, 2.24) is 4.98 Å². The van der Waals surface area contributed by atoms with Crippen LogP contribution in [0.5, 0.6) is 0 Å². The Bertz CT molecular complexity index is 310.